The van der Waals surface area contributed by atoms with Gasteiger partial charge in [-0.3, -0.25) is 4.79 Å². The first-order chi connectivity index (χ1) is 14.7. The first-order valence-electron chi connectivity index (χ1n) is 10.0. The first kappa shape index (κ1) is 19.9. The molecule has 1 unspecified atom stereocenters. The molecule has 3 aromatic rings. The van der Waals surface area contributed by atoms with Gasteiger partial charge in [0.05, 0.1) is 26.6 Å². The summed E-state index contributed by atoms with van der Waals surface area (Å²) in [5.41, 5.74) is 1.81. The number of ether oxygens (including phenoxy) is 2. The number of rotatable bonds is 6. The van der Waals surface area contributed by atoms with Crippen LogP contribution < -0.4 is 9.47 Å². The van der Waals surface area contributed by atoms with Crippen LogP contribution >= 0.6 is 0 Å². The Hall–Kier alpha value is -3.35. The number of hydrogen-bond donors (Lipinski definition) is 0. The van der Waals surface area contributed by atoms with Gasteiger partial charge < -0.3 is 18.9 Å². The maximum atomic E-state index is 12.8. The average Bonchev–Trinajstić information content (AvgIpc) is 3.30. The molecule has 1 atom stereocenters. The monoisotopic (exact) mass is 407 g/mol. The summed E-state index contributed by atoms with van der Waals surface area (Å²) in [5.74, 6) is 2.82. The van der Waals surface area contributed by atoms with Crippen molar-refractivity contribution in [2.45, 2.75) is 25.2 Å². The van der Waals surface area contributed by atoms with Crippen LogP contribution in [0.15, 0.2) is 53.1 Å². The van der Waals surface area contributed by atoms with E-state index in [9.17, 15) is 4.79 Å². The zero-order valence-electron chi connectivity index (χ0n) is 17.2. The van der Waals surface area contributed by atoms with Gasteiger partial charge in [0.1, 0.15) is 11.5 Å². The van der Waals surface area contributed by atoms with Crippen molar-refractivity contribution in [3.8, 4) is 22.9 Å². The molecule has 0 N–H and O–H groups in total. The molecule has 7 nitrogen and oxygen atoms in total. The number of amides is 1. The molecular formula is C23H25N3O4. The summed E-state index contributed by atoms with van der Waals surface area (Å²) in [4.78, 5) is 19.3. The summed E-state index contributed by atoms with van der Waals surface area (Å²) in [7, 11) is 3.26. The van der Waals surface area contributed by atoms with E-state index in [2.05, 4.69) is 10.1 Å². The van der Waals surface area contributed by atoms with Crippen molar-refractivity contribution in [3.63, 3.8) is 0 Å². The van der Waals surface area contributed by atoms with Crippen LogP contribution in [0, 0.1) is 0 Å². The summed E-state index contributed by atoms with van der Waals surface area (Å²) in [6.45, 7) is 1.34. The Morgan fingerprint density at radius 3 is 2.70 bits per heavy atom. The number of nitrogens with zero attached hydrogens (tertiary/aromatic N) is 3. The Balaban J connectivity index is 1.42. The van der Waals surface area contributed by atoms with Gasteiger partial charge in [-0.25, -0.2) is 0 Å². The van der Waals surface area contributed by atoms with Crippen LogP contribution in [0.1, 0.15) is 30.2 Å². The van der Waals surface area contributed by atoms with Crippen molar-refractivity contribution in [1.29, 1.82) is 0 Å². The number of likely N-dealkylation sites (tertiary alicyclic amines) is 1. The molecule has 156 valence electrons. The lowest BCUT2D eigenvalue weighted by Crippen LogP contribution is -2.40. The van der Waals surface area contributed by atoms with Crippen molar-refractivity contribution in [3.05, 3.63) is 60.0 Å². The summed E-state index contributed by atoms with van der Waals surface area (Å²) >= 11 is 0. The largest absolute Gasteiger partial charge is 0.497 e. The third-order valence-electron chi connectivity index (χ3n) is 5.40. The fraction of sp³-hybridized carbons (Fsp3) is 0.348. The van der Waals surface area contributed by atoms with E-state index in [0.717, 1.165) is 42.0 Å². The van der Waals surface area contributed by atoms with Gasteiger partial charge in [0.2, 0.25) is 17.6 Å². The van der Waals surface area contributed by atoms with Gasteiger partial charge in [-0.15, -0.1) is 0 Å². The zero-order valence-corrected chi connectivity index (χ0v) is 17.2. The molecule has 2 heterocycles. The highest BCUT2D eigenvalue weighted by atomic mass is 16.5. The van der Waals surface area contributed by atoms with E-state index in [1.54, 1.807) is 14.2 Å². The number of aromatic nitrogens is 2. The Morgan fingerprint density at radius 1 is 1.13 bits per heavy atom. The van der Waals surface area contributed by atoms with E-state index in [1.165, 1.54) is 0 Å². The predicted molar refractivity (Wildman–Crippen MR) is 112 cm³/mol. The maximum absolute atomic E-state index is 12.8. The molecule has 1 amide bonds. The van der Waals surface area contributed by atoms with Crippen molar-refractivity contribution >= 4 is 5.91 Å². The Kier molecular flexibility index (Phi) is 5.97. The molecule has 1 fully saturated rings. The van der Waals surface area contributed by atoms with Crippen molar-refractivity contribution in [2.75, 3.05) is 27.3 Å². The summed E-state index contributed by atoms with van der Waals surface area (Å²) in [6.07, 6.45) is 2.19. The van der Waals surface area contributed by atoms with Gasteiger partial charge in [-0.05, 0) is 54.8 Å². The molecule has 1 aliphatic heterocycles. The van der Waals surface area contributed by atoms with Gasteiger partial charge in [0, 0.05) is 18.7 Å². The SMILES string of the molecule is COc1ccc(-c2noc(C3CCCN(C(=O)Cc4cccc(OC)c4)C3)n2)cc1. The number of piperidine rings is 1. The standard InChI is InChI=1S/C23H25N3O4/c1-28-19-10-8-17(9-11-19)22-24-23(30-25-22)18-6-4-12-26(15-18)21(27)14-16-5-3-7-20(13-16)29-2/h3,5,7-11,13,18H,4,6,12,14-15H2,1-2H3. The summed E-state index contributed by atoms with van der Waals surface area (Å²) < 4.78 is 16.0. The Morgan fingerprint density at radius 2 is 1.93 bits per heavy atom. The second kappa shape index (κ2) is 8.98. The Bertz CT molecular complexity index is 1000. The lowest BCUT2D eigenvalue weighted by Gasteiger charge is -2.31. The first-order valence-corrected chi connectivity index (χ1v) is 10.0. The molecule has 30 heavy (non-hydrogen) atoms. The fourth-order valence-electron chi connectivity index (χ4n) is 3.73. The van der Waals surface area contributed by atoms with E-state index in [4.69, 9.17) is 14.0 Å². The fourth-order valence-corrected chi connectivity index (χ4v) is 3.73. The minimum Gasteiger partial charge on any atom is -0.497 e. The minimum absolute atomic E-state index is 0.0486. The average molecular weight is 407 g/mol. The molecule has 0 saturated carbocycles. The number of hydrogen-bond acceptors (Lipinski definition) is 6. The van der Waals surface area contributed by atoms with E-state index >= 15 is 0 Å². The summed E-state index contributed by atoms with van der Waals surface area (Å²) in [5, 5.41) is 4.13. The van der Waals surface area contributed by atoms with Gasteiger partial charge in [-0.2, -0.15) is 4.98 Å². The molecule has 0 bridgehead atoms. The van der Waals surface area contributed by atoms with Crippen molar-refractivity contribution in [2.24, 2.45) is 0 Å². The van der Waals surface area contributed by atoms with Crippen LogP contribution in [-0.2, 0) is 11.2 Å². The normalized spacial score (nSPS) is 16.3. The summed E-state index contributed by atoms with van der Waals surface area (Å²) in [6, 6.07) is 15.2. The van der Waals surface area contributed by atoms with E-state index in [0.29, 0.717) is 24.7 Å². The predicted octanol–water partition coefficient (Wildman–Crippen LogP) is 3.70. The zero-order chi connectivity index (χ0) is 20.9. The van der Waals surface area contributed by atoms with Crippen molar-refractivity contribution in [1.82, 2.24) is 15.0 Å². The van der Waals surface area contributed by atoms with Crippen LogP contribution in [0.25, 0.3) is 11.4 Å². The highest BCUT2D eigenvalue weighted by Gasteiger charge is 2.28. The number of carbonyl (C=O) groups excluding carboxylic acids is 1. The molecule has 7 heteroatoms. The Labute approximate surface area is 175 Å². The highest BCUT2D eigenvalue weighted by Crippen LogP contribution is 2.28. The van der Waals surface area contributed by atoms with Gasteiger partial charge in [-0.1, -0.05) is 17.3 Å². The second-order valence-corrected chi connectivity index (χ2v) is 7.39. The van der Waals surface area contributed by atoms with E-state index in [-0.39, 0.29) is 11.8 Å². The molecule has 4 rings (SSSR count). The lowest BCUT2D eigenvalue weighted by atomic mass is 9.97. The van der Waals surface area contributed by atoms with Gasteiger partial charge in [0.25, 0.3) is 0 Å². The molecule has 2 aromatic carbocycles. The van der Waals surface area contributed by atoms with E-state index < -0.39 is 0 Å². The third-order valence-corrected chi connectivity index (χ3v) is 5.40. The maximum Gasteiger partial charge on any atom is 0.231 e. The molecule has 1 saturated heterocycles. The van der Waals surface area contributed by atoms with Crippen molar-refractivity contribution < 1.29 is 18.8 Å². The van der Waals surface area contributed by atoms with Gasteiger partial charge >= 0.3 is 0 Å². The van der Waals surface area contributed by atoms with Crippen LogP contribution in [-0.4, -0.2) is 48.3 Å². The lowest BCUT2D eigenvalue weighted by molar-refractivity contribution is -0.131. The number of benzene rings is 2. The molecular weight excluding hydrogens is 382 g/mol. The minimum atomic E-state index is 0.0486. The number of carbonyl (C=O) groups is 1. The third kappa shape index (κ3) is 4.45. The number of methoxy groups -OCH3 is 2. The molecule has 1 aromatic heterocycles. The van der Waals surface area contributed by atoms with E-state index in [1.807, 2.05) is 53.4 Å². The molecule has 0 aliphatic carbocycles. The second-order valence-electron chi connectivity index (χ2n) is 7.39. The van der Waals surface area contributed by atoms with Gasteiger partial charge in [0.15, 0.2) is 0 Å². The van der Waals surface area contributed by atoms with Crippen LogP contribution in [0.3, 0.4) is 0 Å². The quantitative estimate of drug-likeness (QED) is 0.620. The topological polar surface area (TPSA) is 77.7 Å². The van der Waals surface area contributed by atoms with Crippen LogP contribution in [0.4, 0.5) is 0 Å². The molecule has 0 radical (unpaired) electrons. The van der Waals surface area contributed by atoms with Crippen LogP contribution in [0.2, 0.25) is 0 Å². The highest BCUT2D eigenvalue weighted by molar-refractivity contribution is 5.79. The smallest absolute Gasteiger partial charge is 0.231 e. The molecule has 1 aliphatic rings. The van der Waals surface area contributed by atoms with Crippen LogP contribution in [0.5, 0.6) is 11.5 Å². The molecule has 0 spiro atoms.